The van der Waals surface area contributed by atoms with Gasteiger partial charge in [-0.3, -0.25) is 9.89 Å². The molecule has 0 aliphatic carbocycles. The second kappa shape index (κ2) is 9.32. The summed E-state index contributed by atoms with van der Waals surface area (Å²) in [7, 11) is 1.67. The Balaban J connectivity index is 1.58. The van der Waals surface area contributed by atoms with Crippen LogP contribution >= 0.6 is 0 Å². The van der Waals surface area contributed by atoms with Gasteiger partial charge in [-0.25, -0.2) is 9.67 Å². The standard InChI is InChI=1S/C18H33N7O/c1-4-19-18(20-11-15-7-6-10-24(15)5-2)21-14-8-9-17-22-16(13-26-3)23-25(17)12-14/h14-15H,4-13H2,1-3H3,(H2,19,20,21). The number of nitrogens with one attached hydrogen (secondary N) is 2. The summed E-state index contributed by atoms with van der Waals surface area (Å²) in [5, 5.41) is 11.5. The fraction of sp³-hybridized carbons (Fsp3) is 0.833. The van der Waals surface area contributed by atoms with Crippen LogP contribution in [0.25, 0.3) is 0 Å². The van der Waals surface area contributed by atoms with Gasteiger partial charge in [-0.2, -0.15) is 5.10 Å². The number of aromatic nitrogens is 3. The molecule has 1 aromatic heterocycles. The Morgan fingerprint density at radius 2 is 2.23 bits per heavy atom. The highest BCUT2D eigenvalue weighted by molar-refractivity contribution is 5.80. The van der Waals surface area contributed by atoms with Crippen LogP contribution in [-0.2, 0) is 24.3 Å². The maximum atomic E-state index is 5.14. The Kier molecular flexibility index (Phi) is 6.85. The number of hydrogen-bond donors (Lipinski definition) is 2. The summed E-state index contributed by atoms with van der Waals surface area (Å²) in [4.78, 5) is 11.9. The van der Waals surface area contributed by atoms with Crippen LogP contribution in [0.1, 0.15) is 44.8 Å². The molecule has 3 heterocycles. The highest BCUT2D eigenvalue weighted by Crippen LogP contribution is 2.17. The van der Waals surface area contributed by atoms with Gasteiger partial charge < -0.3 is 15.4 Å². The minimum absolute atomic E-state index is 0.322. The minimum Gasteiger partial charge on any atom is -0.377 e. The largest absolute Gasteiger partial charge is 0.377 e. The van der Waals surface area contributed by atoms with Crippen LogP contribution in [-0.4, -0.2) is 71.0 Å². The van der Waals surface area contributed by atoms with E-state index in [9.17, 15) is 0 Å². The number of likely N-dealkylation sites (N-methyl/N-ethyl adjacent to an activating group) is 1. The lowest BCUT2D eigenvalue weighted by molar-refractivity contribution is 0.177. The smallest absolute Gasteiger partial charge is 0.191 e. The molecule has 8 nitrogen and oxygen atoms in total. The van der Waals surface area contributed by atoms with Crippen LogP contribution < -0.4 is 10.6 Å². The second-order valence-corrected chi connectivity index (χ2v) is 7.08. The third-order valence-electron chi connectivity index (χ3n) is 5.23. The number of likely N-dealkylation sites (tertiary alicyclic amines) is 1. The molecule has 2 N–H and O–H groups in total. The van der Waals surface area contributed by atoms with Crippen molar-refractivity contribution in [1.82, 2.24) is 30.3 Å². The summed E-state index contributed by atoms with van der Waals surface area (Å²) in [6.07, 6.45) is 4.52. The van der Waals surface area contributed by atoms with Gasteiger partial charge in [0.05, 0.1) is 13.1 Å². The Morgan fingerprint density at radius 3 is 3.00 bits per heavy atom. The first-order chi connectivity index (χ1) is 12.7. The average molecular weight is 364 g/mol. The predicted molar refractivity (Wildman–Crippen MR) is 102 cm³/mol. The summed E-state index contributed by atoms with van der Waals surface area (Å²) in [5.74, 6) is 2.74. The maximum Gasteiger partial charge on any atom is 0.191 e. The van der Waals surface area contributed by atoms with Crippen LogP contribution in [0.4, 0.5) is 0 Å². The molecule has 1 fully saturated rings. The molecule has 2 unspecified atom stereocenters. The molecule has 1 saturated heterocycles. The first kappa shape index (κ1) is 19.1. The summed E-state index contributed by atoms with van der Waals surface area (Å²) < 4.78 is 7.15. The van der Waals surface area contributed by atoms with Gasteiger partial charge in [0, 0.05) is 32.2 Å². The van der Waals surface area contributed by atoms with E-state index in [1.165, 1.54) is 19.4 Å². The minimum atomic E-state index is 0.322. The molecule has 1 aromatic rings. The first-order valence-corrected chi connectivity index (χ1v) is 9.93. The zero-order valence-corrected chi connectivity index (χ0v) is 16.4. The number of aliphatic imine (C=N–C) groups is 1. The fourth-order valence-electron chi connectivity index (χ4n) is 3.90. The van der Waals surface area contributed by atoms with Crippen molar-refractivity contribution in [2.75, 3.05) is 33.3 Å². The molecule has 2 atom stereocenters. The van der Waals surface area contributed by atoms with E-state index in [0.717, 1.165) is 56.6 Å². The summed E-state index contributed by atoms with van der Waals surface area (Å²) in [6.45, 7) is 9.70. The SMILES string of the molecule is CCNC(=NCC1CCCN1CC)NC1CCc2nc(COC)nn2C1. The molecular formula is C18H33N7O. The van der Waals surface area contributed by atoms with Gasteiger partial charge >= 0.3 is 0 Å². The van der Waals surface area contributed by atoms with Gasteiger partial charge in [0.15, 0.2) is 11.8 Å². The van der Waals surface area contributed by atoms with Crippen molar-refractivity contribution in [1.29, 1.82) is 0 Å². The molecule has 8 heteroatoms. The zero-order chi connectivity index (χ0) is 18.4. The van der Waals surface area contributed by atoms with Crippen molar-refractivity contribution >= 4 is 5.96 Å². The molecular weight excluding hydrogens is 330 g/mol. The van der Waals surface area contributed by atoms with E-state index in [-0.39, 0.29) is 0 Å². The van der Waals surface area contributed by atoms with E-state index in [1.54, 1.807) is 7.11 Å². The van der Waals surface area contributed by atoms with Crippen molar-refractivity contribution < 1.29 is 4.74 Å². The van der Waals surface area contributed by atoms with Crippen molar-refractivity contribution in [3.8, 4) is 0 Å². The van der Waals surface area contributed by atoms with E-state index in [1.807, 2.05) is 4.68 Å². The van der Waals surface area contributed by atoms with Crippen molar-refractivity contribution in [2.24, 2.45) is 4.99 Å². The van der Waals surface area contributed by atoms with Gasteiger partial charge in [-0.15, -0.1) is 0 Å². The third-order valence-corrected chi connectivity index (χ3v) is 5.23. The molecule has 0 radical (unpaired) electrons. The highest BCUT2D eigenvalue weighted by atomic mass is 16.5. The number of ether oxygens (including phenoxy) is 1. The third kappa shape index (κ3) is 4.73. The Bertz CT molecular complexity index is 600. The Morgan fingerprint density at radius 1 is 1.35 bits per heavy atom. The van der Waals surface area contributed by atoms with E-state index in [2.05, 4.69) is 39.5 Å². The van der Waals surface area contributed by atoms with E-state index in [4.69, 9.17) is 9.73 Å². The molecule has 26 heavy (non-hydrogen) atoms. The van der Waals surface area contributed by atoms with Crippen LogP contribution in [0.5, 0.6) is 0 Å². The molecule has 0 bridgehead atoms. The summed E-state index contributed by atoms with van der Waals surface area (Å²) in [5.41, 5.74) is 0. The quantitative estimate of drug-likeness (QED) is 0.550. The predicted octanol–water partition coefficient (Wildman–Crippen LogP) is 0.779. The Labute approximate surface area is 156 Å². The summed E-state index contributed by atoms with van der Waals surface area (Å²) >= 11 is 0. The van der Waals surface area contributed by atoms with Gasteiger partial charge in [0.25, 0.3) is 0 Å². The van der Waals surface area contributed by atoms with E-state index in [0.29, 0.717) is 18.7 Å². The lowest BCUT2D eigenvalue weighted by Crippen LogP contribution is -2.47. The molecule has 146 valence electrons. The van der Waals surface area contributed by atoms with E-state index >= 15 is 0 Å². The number of hydrogen-bond acceptors (Lipinski definition) is 5. The monoisotopic (exact) mass is 363 g/mol. The van der Waals surface area contributed by atoms with Crippen molar-refractivity contribution in [3.63, 3.8) is 0 Å². The van der Waals surface area contributed by atoms with Crippen LogP contribution in [0.2, 0.25) is 0 Å². The van der Waals surface area contributed by atoms with Gasteiger partial charge in [0.2, 0.25) is 0 Å². The lowest BCUT2D eigenvalue weighted by atomic mass is 10.1. The molecule has 0 amide bonds. The van der Waals surface area contributed by atoms with Crippen molar-refractivity contribution in [2.45, 2.75) is 64.8 Å². The number of nitrogens with zero attached hydrogens (tertiary/aromatic N) is 5. The maximum absolute atomic E-state index is 5.14. The second-order valence-electron chi connectivity index (χ2n) is 7.08. The number of guanidine groups is 1. The van der Waals surface area contributed by atoms with Crippen LogP contribution in [0, 0.1) is 0 Å². The molecule has 2 aliphatic heterocycles. The molecule has 0 spiro atoms. The van der Waals surface area contributed by atoms with Crippen LogP contribution in [0.3, 0.4) is 0 Å². The molecule has 3 rings (SSSR count). The summed E-state index contributed by atoms with van der Waals surface area (Å²) in [6, 6.07) is 0.906. The number of rotatable bonds is 7. The van der Waals surface area contributed by atoms with Gasteiger partial charge in [-0.05, 0) is 39.3 Å². The Hall–Kier alpha value is -1.67. The van der Waals surface area contributed by atoms with E-state index < -0.39 is 0 Å². The number of fused-ring (bicyclic) bond motifs is 1. The van der Waals surface area contributed by atoms with Crippen LogP contribution in [0.15, 0.2) is 4.99 Å². The topological polar surface area (TPSA) is 79.6 Å². The lowest BCUT2D eigenvalue weighted by Gasteiger charge is -2.26. The molecule has 0 aromatic carbocycles. The highest BCUT2D eigenvalue weighted by Gasteiger charge is 2.24. The zero-order valence-electron chi connectivity index (χ0n) is 16.4. The molecule has 2 aliphatic rings. The fourth-order valence-corrected chi connectivity index (χ4v) is 3.90. The van der Waals surface area contributed by atoms with Gasteiger partial charge in [0.1, 0.15) is 12.4 Å². The normalized spacial score (nSPS) is 23.9. The number of methoxy groups -OCH3 is 1. The average Bonchev–Trinajstić information content (AvgIpc) is 3.25. The first-order valence-electron chi connectivity index (χ1n) is 9.93. The van der Waals surface area contributed by atoms with Gasteiger partial charge in [-0.1, -0.05) is 6.92 Å². The van der Waals surface area contributed by atoms with Crippen molar-refractivity contribution in [3.05, 3.63) is 11.6 Å². The number of aryl methyl sites for hydroxylation is 1. The molecule has 0 saturated carbocycles.